The van der Waals surface area contributed by atoms with Crippen LogP contribution in [0.1, 0.15) is 34.6 Å². The molecular formula is C9H18N2O2. The second-order valence-corrected chi connectivity index (χ2v) is 4.30. The minimum absolute atomic E-state index is 0.142. The minimum Gasteiger partial charge on any atom is -0.624 e. The van der Waals surface area contributed by atoms with E-state index in [1.165, 1.54) is 5.06 Å². The fourth-order valence-corrected chi connectivity index (χ4v) is 1.65. The molecule has 0 amide bonds. The summed E-state index contributed by atoms with van der Waals surface area (Å²) in [5.74, 6) is 0. The van der Waals surface area contributed by atoms with Crippen LogP contribution < -0.4 is 0 Å². The van der Waals surface area contributed by atoms with E-state index in [4.69, 9.17) is 0 Å². The normalized spacial score (nSPS) is 35.2. The first-order valence-electron chi connectivity index (χ1n) is 4.58. The lowest BCUT2D eigenvalue weighted by molar-refractivity contribution is -0.528. The largest absolute Gasteiger partial charge is 0.624 e. The standard InChI is InChI=1S/C9H18N2O2/c1-6-7(2)11(13)9(4,5)8(3)10(6)12/h6-7,13H,1-5H3. The van der Waals surface area contributed by atoms with E-state index in [1.807, 2.05) is 27.7 Å². The van der Waals surface area contributed by atoms with Crippen molar-refractivity contribution in [3.05, 3.63) is 5.21 Å². The fraction of sp³-hybridized carbons (Fsp3) is 0.889. The van der Waals surface area contributed by atoms with Crippen LogP contribution in [0.15, 0.2) is 0 Å². The van der Waals surface area contributed by atoms with Crippen molar-refractivity contribution in [2.75, 3.05) is 0 Å². The van der Waals surface area contributed by atoms with E-state index in [9.17, 15) is 10.4 Å². The molecule has 0 saturated heterocycles. The van der Waals surface area contributed by atoms with E-state index in [2.05, 4.69) is 0 Å². The molecule has 0 fully saturated rings. The van der Waals surface area contributed by atoms with Crippen molar-refractivity contribution in [2.24, 2.45) is 0 Å². The highest BCUT2D eigenvalue weighted by Crippen LogP contribution is 2.24. The van der Waals surface area contributed by atoms with Gasteiger partial charge in [0, 0.05) is 13.8 Å². The van der Waals surface area contributed by atoms with Gasteiger partial charge in [0.2, 0.25) is 0 Å². The zero-order valence-electron chi connectivity index (χ0n) is 8.90. The summed E-state index contributed by atoms with van der Waals surface area (Å²) >= 11 is 0. The Morgan fingerprint density at radius 3 is 2.38 bits per heavy atom. The Kier molecular flexibility index (Phi) is 2.38. The molecule has 0 spiro atoms. The minimum atomic E-state index is -0.562. The maximum atomic E-state index is 11.6. The van der Waals surface area contributed by atoms with Gasteiger partial charge in [0.25, 0.3) is 0 Å². The van der Waals surface area contributed by atoms with Crippen LogP contribution in [0.3, 0.4) is 0 Å². The van der Waals surface area contributed by atoms with E-state index in [0.717, 1.165) is 4.74 Å². The van der Waals surface area contributed by atoms with Gasteiger partial charge in [0.05, 0.1) is 6.04 Å². The van der Waals surface area contributed by atoms with Crippen molar-refractivity contribution < 1.29 is 9.95 Å². The highest BCUT2D eigenvalue weighted by Gasteiger charge is 2.45. The average Bonchev–Trinajstić information content (AvgIpc) is 2.09. The lowest BCUT2D eigenvalue weighted by Crippen LogP contribution is -2.62. The molecule has 4 heteroatoms. The monoisotopic (exact) mass is 186 g/mol. The molecule has 0 aromatic carbocycles. The first-order valence-corrected chi connectivity index (χ1v) is 4.58. The lowest BCUT2D eigenvalue weighted by Gasteiger charge is -2.42. The summed E-state index contributed by atoms with van der Waals surface area (Å²) in [6, 6.07) is -0.339. The predicted octanol–water partition coefficient (Wildman–Crippen LogP) is 1.22. The van der Waals surface area contributed by atoms with Crippen LogP contribution in [0.4, 0.5) is 0 Å². The first-order chi connectivity index (χ1) is 5.80. The van der Waals surface area contributed by atoms with Gasteiger partial charge >= 0.3 is 0 Å². The zero-order valence-corrected chi connectivity index (χ0v) is 8.90. The van der Waals surface area contributed by atoms with Crippen LogP contribution in [0.5, 0.6) is 0 Å². The number of hydrogen-bond donors (Lipinski definition) is 1. The van der Waals surface area contributed by atoms with Crippen molar-refractivity contribution in [2.45, 2.75) is 52.2 Å². The Hall–Kier alpha value is -0.610. The Morgan fingerprint density at radius 1 is 1.46 bits per heavy atom. The molecule has 0 bridgehead atoms. The van der Waals surface area contributed by atoms with E-state index >= 15 is 0 Å². The van der Waals surface area contributed by atoms with Gasteiger partial charge in [-0.1, -0.05) is 0 Å². The van der Waals surface area contributed by atoms with Gasteiger partial charge < -0.3 is 10.4 Å². The van der Waals surface area contributed by atoms with Gasteiger partial charge in [-0.25, -0.2) is 4.74 Å². The molecule has 1 N–H and O–H groups in total. The molecule has 0 aromatic heterocycles. The number of hydroxylamine groups is 3. The summed E-state index contributed by atoms with van der Waals surface area (Å²) in [6.07, 6.45) is 0. The Morgan fingerprint density at radius 2 is 1.92 bits per heavy atom. The predicted molar refractivity (Wildman–Crippen MR) is 50.9 cm³/mol. The van der Waals surface area contributed by atoms with Crippen molar-refractivity contribution >= 4 is 5.71 Å². The van der Waals surface area contributed by atoms with Crippen molar-refractivity contribution in [3.63, 3.8) is 0 Å². The Labute approximate surface area is 79.0 Å². The molecule has 1 heterocycles. The van der Waals surface area contributed by atoms with E-state index in [-0.39, 0.29) is 12.1 Å². The van der Waals surface area contributed by atoms with E-state index in [0.29, 0.717) is 5.71 Å². The highest BCUT2D eigenvalue weighted by molar-refractivity contribution is 5.86. The Balaban J connectivity index is 3.17. The molecule has 0 saturated carbocycles. The third-order valence-electron chi connectivity index (χ3n) is 3.24. The van der Waals surface area contributed by atoms with Crippen molar-refractivity contribution in [1.82, 2.24) is 5.06 Å². The second-order valence-electron chi connectivity index (χ2n) is 4.30. The molecule has 13 heavy (non-hydrogen) atoms. The smallest absolute Gasteiger partial charge is 0.182 e. The van der Waals surface area contributed by atoms with Gasteiger partial charge in [-0.3, -0.25) is 0 Å². The van der Waals surface area contributed by atoms with Crippen LogP contribution in [-0.2, 0) is 0 Å². The summed E-state index contributed by atoms with van der Waals surface area (Å²) in [5.41, 5.74) is 0.0915. The van der Waals surface area contributed by atoms with Crippen molar-refractivity contribution in [1.29, 1.82) is 0 Å². The number of hydrogen-bond acceptors (Lipinski definition) is 3. The summed E-state index contributed by atoms with van der Waals surface area (Å²) in [6.45, 7) is 9.12. The molecule has 76 valence electrons. The fourth-order valence-electron chi connectivity index (χ4n) is 1.65. The molecule has 1 aliphatic rings. The van der Waals surface area contributed by atoms with E-state index < -0.39 is 5.54 Å². The quantitative estimate of drug-likeness (QED) is 0.457. The third-order valence-corrected chi connectivity index (χ3v) is 3.24. The summed E-state index contributed by atoms with van der Waals surface area (Å²) in [7, 11) is 0. The van der Waals surface area contributed by atoms with E-state index in [1.54, 1.807) is 6.92 Å². The summed E-state index contributed by atoms with van der Waals surface area (Å²) in [4.78, 5) is 0. The first kappa shape index (κ1) is 10.5. The highest BCUT2D eigenvalue weighted by atomic mass is 16.5. The molecule has 4 nitrogen and oxygen atoms in total. The molecule has 2 unspecified atom stereocenters. The maximum absolute atomic E-state index is 11.6. The lowest BCUT2D eigenvalue weighted by atomic mass is 9.92. The third kappa shape index (κ3) is 1.34. The van der Waals surface area contributed by atoms with Gasteiger partial charge in [0.15, 0.2) is 11.8 Å². The molecule has 1 rings (SSSR count). The van der Waals surface area contributed by atoms with Crippen molar-refractivity contribution in [3.8, 4) is 0 Å². The molecule has 0 radical (unpaired) electrons. The molecule has 2 atom stereocenters. The molecule has 0 aromatic rings. The number of rotatable bonds is 0. The average molecular weight is 186 g/mol. The SMILES string of the molecule is CC1=[N+]([O-])C(C)C(C)N(O)C1(C)C. The summed E-state index contributed by atoms with van der Waals surface area (Å²) in [5, 5.41) is 22.7. The van der Waals surface area contributed by atoms with Gasteiger partial charge in [-0.15, -0.1) is 0 Å². The topological polar surface area (TPSA) is 49.5 Å². The van der Waals surface area contributed by atoms with Crippen LogP contribution in [-0.4, -0.2) is 38.3 Å². The van der Waals surface area contributed by atoms with Crippen LogP contribution >= 0.6 is 0 Å². The second kappa shape index (κ2) is 2.96. The number of nitrogens with zero attached hydrogens (tertiary/aromatic N) is 2. The van der Waals surface area contributed by atoms with Gasteiger partial charge in [0.1, 0.15) is 5.54 Å². The van der Waals surface area contributed by atoms with Crippen LogP contribution in [0.25, 0.3) is 0 Å². The molecular weight excluding hydrogens is 168 g/mol. The van der Waals surface area contributed by atoms with Crippen LogP contribution in [0, 0.1) is 5.21 Å². The van der Waals surface area contributed by atoms with Gasteiger partial charge in [-0.2, -0.15) is 5.06 Å². The Bertz CT molecular complexity index is 248. The molecule has 0 aliphatic carbocycles. The zero-order chi connectivity index (χ0) is 10.4. The molecule has 1 aliphatic heterocycles. The maximum Gasteiger partial charge on any atom is 0.182 e. The van der Waals surface area contributed by atoms with Gasteiger partial charge in [-0.05, 0) is 20.8 Å². The summed E-state index contributed by atoms with van der Waals surface area (Å²) < 4.78 is 0.997. The van der Waals surface area contributed by atoms with Crippen LogP contribution in [0.2, 0.25) is 0 Å².